The van der Waals surface area contributed by atoms with Crippen LogP contribution in [-0.2, 0) is 13.2 Å². The number of hydrogen-bond donors (Lipinski definition) is 2. The monoisotopic (exact) mass is 308 g/mol. The first-order chi connectivity index (χ1) is 10.1. The lowest BCUT2D eigenvalue weighted by atomic mass is 10.1. The number of amides is 1. The summed E-state index contributed by atoms with van der Waals surface area (Å²) in [7, 11) is 0. The van der Waals surface area contributed by atoms with E-state index in [1.54, 1.807) is 6.92 Å². The molecule has 2 heterocycles. The minimum Gasteiger partial charge on any atom is -0.506 e. The molecule has 2 aromatic heterocycles. The Kier molecular flexibility index (Phi) is 4.81. The Morgan fingerprint density at radius 1 is 1.43 bits per heavy atom. The van der Waals surface area contributed by atoms with Gasteiger partial charge in [0.1, 0.15) is 5.75 Å². The van der Waals surface area contributed by atoms with Crippen LogP contribution in [0.3, 0.4) is 0 Å². The smallest absolute Gasteiger partial charge is 0.275 e. The average molecular weight is 308 g/mol. The van der Waals surface area contributed by atoms with E-state index in [4.69, 9.17) is 0 Å². The molecule has 0 radical (unpaired) electrons. The number of hydrogen-bond acceptors (Lipinski definition) is 7. The maximum absolute atomic E-state index is 12.3. The molecule has 112 valence electrons. The molecule has 0 saturated carbocycles. The van der Waals surface area contributed by atoms with Crippen molar-refractivity contribution in [3.05, 3.63) is 34.9 Å². The van der Waals surface area contributed by atoms with E-state index in [1.807, 2.05) is 6.92 Å². The zero-order chi connectivity index (χ0) is 15.4. The van der Waals surface area contributed by atoms with E-state index in [0.717, 1.165) is 11.7 Å². The van der Waals surface area contributed by atoms with Gasteiger partial charge in [-0.25, -0.2) is 0 Å². The van der Waals surface area contributed by atoms with Crippen molar-refractivity contribution >= 4 is 17.6 Å². The topological polar surface area (TPSA) is 99.4 Å². The fraction of sp³-hybridized carbons (Fsp3) is 0.385. The Morgan fingerprint density at radius 3 is 2.76 bits per heavy atom. The Bertz CT molecular complexity index is 631. The van der Waals surface area contributed by atoms with Gasteiger partial charge in [0.15, 0.2) is 5.69 Å². The van der Waals surface area contributed by atoms with Gasteiger partial charge in [0.05, 0.1) is 36.8 Å². The summed E-state index contributed by atoms with van der Waals surface area (Å²) in [6.07, 6.45) is 2.92. The standard InChI is InChI=1S/C13H16N4O3S/c1-3-17(13(20)11-5-15-21-16-11)6-10-9(7-18)4-14-8(2)12(10)19/h4-5,18-19H,3,6-7H2,1-2H3. The molecule has 2 rings (SSSR count). The third-order valence-electron chi connectivity index (χ3n) is 3.20. The van der Waals surface area contributed by atoms with Crippen molar-refractivity contribution in [3.8, 4) is 5.75 Å². The molecule has 0 atom stereocenters. The molecule has 0 saturated heterocycles. The fourth-order valence-electron chi connectivity index (χ4n) is 1.94. The summed E-state index contributed by atoms with van der Waals surface area (Å²) in [4.78, 5) is 17.8. The van der Waals surface area contributed by atoms with E-state index in [2.05, 4.69) is 13.7 Å². The quantitative estimate of drug-likeness (QED) is 0.858. The lowest BCUT2D eigenvalue weighted by Gasteiger charge is -2.22. The zero-order valence-corrected chi connectivity index (χ0v) is 12.6. The summed E-state index contributed by atoms with van der Waals surface area (Å²) in [5, 5.41) is 19.5. The van der Waals surface area contributed by atoms with E-state index in [9.17, 15) is 15.0 Å². The van der Waals surface area contributed by atoms with Gasteiger partial charge in [0, 0.05) is 23.9 Å². The van der Waals surface area contributed by atoms with Gasteiger partial charge in [-0.3, -0.25) is 9.78 Å². The highest BCUT2D eigenvalue weighted by atomic mass is 32.1. The highest BCUT2D eigenvalue weighted by Gasteiger charge is 2.20. The lowest BCUT2D eigenvalue weighted by Crippen LogP contribution is -2.31. The van der Waals surface area contributed by atoms with E-state index in [1.165, 1.54) is 17.3 Å². The molecule has 1 amide bonds. The average Bonchev–Trinajstić information content (AvgIpc) is 3.02. The minimum absolute atomic E-state index is 0.00389. The Morgan fingerprint density at radius 2 is 2.19 bits per heavy atom. The molecule has 2 aromatic rings. The summed E-state index contributed by atoms with van der Waals surface area (Å²) in [5.41, 5.74) is 1.74. The van der Waals surface area contributed by atoms with Crippen molar-refractivity contribution in [2.24, 2.45) is 0 Å². The van der Waals surface area contributed by atoms with Crippen molar-refractivity contribution in [2.75, 3.05) is 6.54 Å². The van der Waals surface area contributed by atoms with Crippen LogP contribution in [-0.4, -0.2) is 41.3 Å². The first-order valence-electron chi connectivity index (χ1n) is 6.42. The van der Waals surface area contributed by atoms with Gasteiger partial charge in [0.2, 0.25) is 0 Å². The molecule has 0 unspecified atom stereocenters. The number of rotatable bonds is 5. The van der Waals surface area contributed by atoms with Crippen LogP contribution >= 0.6 is 11.7 Å². The number of nitrogens with zero attached hydrogens (tertiary/aromatic N) is 4. The largest absolute Gasteiger partial charge is 0.506 e. The molecule has 0 aliphatic carbocycles. The van der Waals surface area contributed by atoms with Crippen LogP contribution in [0.25, 0.3) is 0 Å². The second-order valence-corrected chi connectivity index (χ2v) is 5.02. The van der Waals surface area contributed by atoms with Gasteiger partial charge < -0.3 is 15.1 Å². The van der Waals surface area contributed by atoms with Crippen LogP contribution in [0.5, 0.6) is 5.75 Å². The molecule has 0 spiro atoms. The van der Waals surface area contributed by atoms with Gasteiger partial charge in [-0.05, 0) is 13.8 Å². The first kappa shape index (κ1) is 15.3. The van der Waals surface area contributed by atoms with Crippen molar-refractivity contribution in [3.63, 3.8) is 0 Å². The van der Waals surface area contributed by atoms with Crippen LogP contribution < -0.4 is 0 Å². The van der Waals surface area contributed by atoms with Crippen molar-refractivity contribution < 1.29 is 15.0 Å². The number of aryl methyl sites for hydroxylation is 1. The number of carbonyl (C=O) groups excluding carboxylic acids is 1. The molecule has 0 aliphatic heterocycles. The number of aliphatic hydroxyl groups is 1. The maximum Gasteiger partial charge on any atom is 0.275 e. The van der Waals surface area contributed by atoms with Crippen LogP contribution in [0.15, 0.2) is 12.4 Å². The molecular weight excluding hydrogens is 292 g/mol. The van der Waals surface area contributed by atoms with E-state index >= 15 is 0 Å². The third-order valence-corrected chi connectivity index (χ3v) is 3.68. The van der Waals surface area contributed by atoms with Gasteiger partial charge in [0.25, 0.3) is 5.91 Å². The molecule has 7 nitrogen and oxygen atoms in total. The van der Waals surface area contributed by atoms with Crippen LogP contribution in [0, 0.1) is 6.92 Å². The number of aromatic nitrogens is 3. The van der Waals surface area contributed by atoms with Crippen LogP contribution in [0.2, 0.25) is 0 Å². The third kappa shape index (κ3) is 3.17. The highest BCUT2D eigenvalue weighted by molar-refractivity contribution is 6.99. The van der Waals surface area contributed by atoms with E-state index in [-0.39, 0.29) is 30.5 Å². The van der Waals surface area contributed by atoms with Crippen molar-refractivity contribution in [2.45, 2.75) is 27.0 Å². The van der Waals surface area contributed by atoms with E-state index in [0.29, 0.717) is 23.4 Å². The second-order valence-electron chi connectivity index (χ2n) is 4.47. The second kappa shape index (κ2) is 6.59. The normalized spacial score (nSPS) is 10.6. The molecule has 8 heteroatoms. The van der Waals surface area contributed by atoms with Gasteiger partial charge in [-0.2, -0.15) is 8.75 Å². The first-order valence-corrected chi connectivity index (χ1v) is 7.15. The van der Waals surface area contributed by atoms with E-state index < -0.39 is 0 Å². The zero-order valence-electron chi connectivity index (χ0n) is 11.8. The maximum atomic E-state index is 12.3. The van der Waals surface area contributed by atoms with Gasteiger partial charge >= 0.3 is 0 Å². The molecule has 0 aromatic carbocycles. The highest BCUT2D eigenvalue weighted by Crippen LogP contribution is 2.25. The Hall–Kier alpha value is -2.06. The molecule has 21 heavy (non-hydrogen) atoms. The Balaban J connectivity index is 2.31. The summed E-state index contributed by atoms with van der Waals surface area (Å²) in [6, 6.07) is 0. The summed E-state index contributed by atoms with van der Waals surface area (Å²) >= 11 is 0.968. The lowest BCUT2D eigenvalue weighted by molar-refractivity contribution is 0.0745. The molecule has 0 aliphatic rings. The molecule has 0 fully saturated rings. The molecular formula is C13H16N4O3S. The van der Waals surface area contributed by atoms with Gasteiger partial charge in [-0.1, -0.05) is 0 Å². The molecule has 2 N–H and O–H groups in total. The summed E-state index contributed by atoms with van der Waals surface area (Å²) in [5.74, 6) is -0.256. The van der Waals surface area contributed by atoms with Crippen LogP contribution in [0.4, 0.5) is 0 Å². The number of aromatic hydroxyl groups is 1. The van der Waals surface area contributed by atoms with Crippen molar-refractivity contribution in [1.29, 1.82) is 0 Å². The number of pyridine rings is 1. The SMILES string of the molecule is CCN(Cc1c(CO)cnc(C)c1O)C(=O)c1cnsn1. The Labute approximate surface area is 126 Å². The fourth-order valence-corrected chi connectivity index (χ4v) is 2.34. The predicted molar refractivity (Wildman–Crippen MR) is 76.9 cm³/mol. The predicted octanol–water partition coefficient (Wildman–Crippen LogP) is 1.10. The number of carbonyl (C=O) groups is 1. The minimum atomic E-state index is -0.260. The molecule has 0 bridgehead atoms. The van der Waals surface area contributed by atoms with Crippen molar-refractivity contribution in [1.82, 2.24) is 18.6 Å². The number of aliphatic hydroxyl groups excluding tert-OH is 1. The van der Waals surface area contributed by atoms with Gasteiger partial charge in [-0.15, -0.1) is 0 Å². The van der Waals surface area contributed by atoms with Crippen LogP contribution in [0.1, 0.15) is 34.2 Å². The summed E-state index contributed by atoms with van der Waals surface area (Å²) < 4.78 is 7.74. The summed E-state index contributed by atoms with van der Waals surface area (Å²) in [6.45, 7) is 3.88.